The molecule has 8 heteroatoms. The second kappa shape index (κ2) is 4.40. The predicted octanol–water partition coefficient (Wildman–Crippen LogP) is -0.411. The highest BCUT2D eigenvalue weighted by atomic mass is 16.4. The monoisotopic (exact) mass is 249 g/mol. The van der Waals surface area contributed by atoms with Crippen LogP contribution >= 0.6 is 0 Å². The molecule has 1 N–H and O–H groups in total. The second-order valence-electron chi connectivity index (χ2n) is 3.79. The Hall–Kier alpha value is -2.51. The van der Waals surface area contributed by atoms with Crippen LogP contribution in [0.5, 0.6) is 0 Å². The molecule has 2 aromatic heterocycles. The van der Waals surface area contributed by atoms with Gasteiger partial charge in [0.05, 0.1) is 0 Å². The molecular weight excluding hydrogens is 238 g/mol. The highest BCUT2D eigenvalue weighted by molar-refractivity contribution is 5.92. The van der Waals surface area contributed by atoms with Gasteiger partial charge >= 0.3 is 5.97 Å². The fourth-order valence-electron chi connectivity index (χ4n) is 1.44. The fraction of sp³-hybridized carbons (Fsp3) is 0.300. The van der Waals surface area contributed by atoms with E-state index in [-0.39, 0.29) is 5.82 Å². The Morgan fingerprint density at radius 3 is 2.83 bits per heavy atom. The summed E-state index contributed by atoms with van der Waals surface area (Å²) in [7, 11) is 1.38. The molecule has 0 saturated heterocycles. The fourth-order valence-corrected chi connectivity index (χ4v) is 1.44. The van der Waals surface area contributed by atoms with Crippen LogP contribution in [0.4, 0.5) is 0 Å². The first-order chi connectivity index (χ1) is 8.49. The van der Waals surface area contributed by atoms with Crippen LogP contribution in [0.1, 0.15) is 16.3 Å². The lowest BCUT2D eigenvalue weighted by atomic mass is 10.4. The maximum atomic E-state index is 11.9. The van der Waals surface area contributed by atoms with E-state index >= 15 is 0 Å². The van der Waals surface area contributed by atoms with Gasteiger partial charge in [-0.3, -0.25) is 9.59 Å². The van der Waals surface area contributed by atoms with E-state index in [0.29, 0.717) is 5.78 Å². The molecule has 8 nitrogen and oxygen atoms in total. The number of carbonyl (C=O) groups is 2. The minimum Gasteiger partial charge on any atom is -0.480 e. The summed E-state index contributed by atoms with van der Waals surface area (Å²) < 4.78 is 1.43. The molecule has 0 aromatic carbocycles. The molecule has 0 aliphatic carbocycles. The Balaban J connectivity index is 2.34. The summed E-state index contributed by atoms with van der Waals surface area (Å²) in [6.45, 7) is 1.40. The Morgan fingerprint density at radius 1 is 1.50 bits per heavy atom. The predicted molar refractivity (Wildman–Crippen MR) is 60.1 cm³/mol. The Morgan fingerprint density at radius 2 is 2.22 bits per heavy atom. The SMILES string of the molecule is Cc1ccnc2nc(C(=O)N(C)CC(=O)O)nn12. The average molecular weight is 249 g/mol. The number of aliphatic carboxylic acids is 1. The minimum atomic E-state index is -1.09. The lowest BCUT2D eigenvalue weighted by Crippen LogP contribution is -2.32. The van der Waals surface area contributed by atoms with Gasteiger partial charge in [-0.25, -0.2) is 9.50 Å². The number of carboxylic acid groups (broad SMARTS) is 1. The third kappa shape index (κ3) is 2.12. The van der Waals surface area contributed by atoms with E-state index in [2.05, 4.69) is 15.1 Å². The molecule has 0 unspecified atom stereocenters. The van der Waals surface area contributed by atoms with Gasteiger partial charge in [0.25, 0.3) is 11.7 Å². The Bertz CT molecular complexity index is 621. The van der Waals surface area contributed by atoms with Crippen LogP contribution < -0.4 is 0 Å². The molecule has 1 amide bonds. The van der Waals surface area contributed by atoms with Crippen LogP contribution in [-0.2, 0) is 4.79 Å². The highest BCUT2D eigenvalue weighted by Crippen LogP contribution is 2.03. The quantitative estimate of drug-likeness (QED) is 0.793. The number of aromatic nitrogens is 4. The molecular formula is C10H11N5O3. The Labute approximate surface area is 102 Å². The molecule has 0 bridgehead atoms. The zero-order valence-electron chi connectivity index (χ0n) is 9.86. The first-order valence-electron chi connectivity index (χ1n) is 5.14. The third-order valence-corrected chi connectivity index (χ3v) is 2.34. The summed E-state index contributed by atoms with van der Waals surface area (Å²) in [4.78, 5) is 31.3. The van der Waals surface area contributed by atoms with Gasteiger partial charge in [-0.2, -0.15) is 4.98 Å². The van der Waals surface area contributed by atoms with Gasteiger partial charge in [-0.15, -0.1) is 5.10 Å². The van der Waals surface area contributed by atoms with Gasteiger partial charge in [0.2, 0.25) is 5.82 Å². The zero-order chi connectivity index (χ0) is 13.3. The van der Waals surface area contributed by atoms with Gasteiger partial charge in [0.15, 0.2) is 0 Å². The molecule has 2 rings (SSSR count). The number of likely N-dealkylation sites (N-methyl/N-ethyl adjacent to an activating group) is 1. The van der Waals surface area contributed by atoms with E-state index in [9.17, 15) is 9.59 Å². The maximum absolute atomic E-state index is 11.9. The molecule has 94 valence electrons. The van der Waals surface area contributed by atoms with Crippen molar-refractivity contribution in [3.8, 4) is 0 Å². The molecule has 0 aliphatic rings. The first kappa shape index (κ1) is 12.0. The number of nitrogens with zero attached hydrogens (tertiary/aromatic N) is 5. The van der Waals surface area contributed by atoms with E-state index in [0.717, 1.165) is 10.6 Å². The van der Waals surface area contributed by atoms with Crippen LogP contribution in [-0.4, -0.2) is 55.1 Å². The number of aryl methyl sites for hydroxylation is 1. The standard InChI is InChI=1S/C10H11N5O3/c1-6-3-4-11-10-12-8(13-15(6)10)9(18)14(2)5-7(16)17/h3-4H,5H2,1-2H3,(H,16,17). The highest BCUT2D eigenvalue weighted by Gasteiger charge is 2.19. The summed E-state index contributed by atoms with van der Waals surface area (Å²) >= 11 is 0. The van der Waals surface area contributed by atoms with Crippen molar-refractivity contribution in [1.82, 2.24) is 24.5 Å². The number of hydrogen-bond acceptors (Lipinski definition) is 5. The summed E-state index contributed by atoms with van der Waals surface area (Å²) in [5, 5.41) is 12.6. The minimum absolute atomic E-state index is 0.0689. The Kier molecular flexibility index (Phi) is 2.92. The lowest BCUT2D eigenvalue weighted by molar-refractivity contribution is -0.137. The summed E-state index contributed by atoms with van der Waals surface area (Å²) in [5.41, 5.74) is 0.785. The molecule has 2 heterocycles. The zero-order valence-corrected chi connectivity index (χ0v) is 9.86. The molecule has 0 fully saturated rings. The van der Waals surface area contributed by atoms with Crippen molar-refractivity contribution in [3.05, 3.63) is 23.8 Å². The first-order valence-corrected chi connectivity index (χ1v) is 5.14. The van der Waals surface area contributed by atoms with Crippen molar-refractivity contribution in [2.24, 2.45) is 0 Å². The molecule has 18 heavy (non-hydrogen) atoms. The molecule has 0 atom stereocenters. The average Bonchev–Trinajstić information content (AvgIpc) is 2.72. The maximum Gasteiger partial charge on any atom is 0.323 e. The van der Waals surface area contributed by atoms with Gasteiger partial charge in [-0.1, -0.05) is 0 Å². The summed E-state index contributed by atoms with van der Waals surface area (Å²) in [6.07, 6.45) is 1.56. The van der Waals surface area contributed by atoms with Crippen LogP contribution in [0.25, 0.3) is 5.78 Å². The summed E-state index contributed by atoms with van der Waals surface area (Å²) in [6, 6.07) is 1.73. The van der Waals surface area contributed by atoms with E-state index in [1.807, 2.05) is 0 Å². The number of hydrogen-bond donors (Lipinski definition) is 1. The van der Waals surface area contributed by atoms with Gasteiger partial charge in [0, 0.05) is 18.9 Å². The van der Waals surface area contributed by atoms with Crippen molar-refractivity contribution in [3.63, 3.8) is 0 Å². The van der Waals surface area contributed by atoms with Gasteiger partial charge < -0.3 is 10.0 Å². The van der Waals surface area contributed by atoms with Crippen molar-refractivity contribution in [2.75, 3.05) is 13.6 Å². The van der Waals surface area contributed by atoms with Crippen molar-refractivity contribution >= 4 is 17.7 Å². The number of rotatable bonds is 3. The molecule has 2 aromatic rings. The smallest absolute Gasteiger partial charge is 0.323 e. The molecule has 0 aliphatic heterocycles. The van der Waals surface area contributed by atoms with E-state index in [1.165, 1.54) is 11.6 Å². The van der Waals surface area contributed by atoms with Gasteiger partial charge in [-0.05, 0) is 13.0 Å². The number of carbonyl (C=O) groups excluding carboxylic acids is 1. The second-order valence-corrected chi connectivity index (χ2v) is 3.79. The van der Waals surface area contributed by atoms with Crippen molar-refractivity contribution in [1.29, 1.82) is 0 Å². The van der Waals surface area contributed by atoms with E-state index < -0.39 is 18.4 Å². The number of fused-ring (bicyclic) bond motifs is 1. The lowest BCUT2D eigenvalue weighted by Gasteiger charge is -2.11. The topological polar surface area (TPSA) is 101 Å². The van der Waals surface area contributed by atoms with Crippen LogP contribution in [0.3, 0.4) is 0 Å². The number of amides is 1. The van der Waals surface area contributed by atoms with Gasteiger partial charge in [0.1, 0.15) is 6.54 Å². The normalized spacial score (nSPS) is 10.6. The van der Waals surface area contributed by atoms with E-state index in [4.69, 9.17) is 5.11 Å². The largest absolute Gasteiger partial charge is 0.480 e. The molecule has 0 radical (unpaired) electrons. The van der Waals surface area contributed by atoms with E-state index in [1.54, 1.807) is 19.2 Å². The molecule has 0 saturated carbocycles. The third-order valence-electron chi connectivity index (χ3n) is 2.34. The number of carboxylic acids is 1. The van der Waals surface area contributed by atoms with Crippen molar-refractivity contribution in [2.45, 2.75) is 6.92 Å². The van der Waals surface area contributed by atoms with Crippen LogP contribution in [0.15, 0.2) is 12.3 Å². The van der Waals surface area contributed by atoms with Crippen LogP contribution in [0, 0.1) is 6.92 Å². The summed E-state index contributed by atoms with van der Waals surface area (Å²) in [5.74, 6) is -1.41. The van der Waals surface area contributed by atoms with Crippen molar-refractivity contribution < 1.29 is 14.7 Å². The molecule has 0 spiro atoms. The van der Waals surface area contributed by atoms with Crippen LogP contribution in [0.2, 0.25) is 0 Å².